The van der Waals surface area contributed by atoms with E-state index < -0.39 is 11.2 Å². The summed E-state index contributed by atoms with van der Waals surface area (Å²) in [5.74, 6) is 0.0695. The molecule has 2 rings (SSSR count). The number of aliphatic imine (C=N–C) groups is 1. The highest BCUT2D eigenvalue weighted by Crippen LogP contribution is 2.18. The second kappa shape index (κ2) is 5.17. The number of aromatic hydroxyl groups is 1. The van der Waals surface area contributed by atoms with E-state index in [1.807, 2.05) is 0 Å². The second-order valence-electron chi connectivity index (χ2n) is 3.42. The van der Waals surface area contributed by atoms with Crippen LogP contribution >= 0.6 is 22.6 Å². The van der Waals surface area contributed by atoms with Crippen molar-refractivity contribution in [1.82, 2.24) is 9.97 Å². The first-order chi connectivity index (χ1) is 8.56. The SMILES string of the molecule is O=c1[nH]cc(N=Cc2cc(I)ccc2O)c(=O)[nH]1. The molecule has 1 aromatic heterocycles. The van der Waals surface area contributed by atoms with Crippen molar-refractivity contribution in [2.75, 3.05) is 0 Å². The summed E-state index contributed by atoms with van der Waals surface area (Å²) in [5, 5.41) is 9.59. The van der Waals surface area contributed by atoms with E-state index in [2.05, 4.69) is 37.6 Å². The molecule has 6 nitrogen and oxygen atoms in total. The highest BCUT2D eigenvalue weighted by atomic mass is 127. The Bertz CT molecular complexity index is 718. The number of hydrogen-bond donors (Lipinski definition) is 3. The fourth-order valence-corrected chi connectivity index (χ4v) is 1.78. The van der Waals surface area contributed by atoms with Crippen molar-refractivity contribution in [1.29, 1.82) is 0 Å². The van der Waals surface area contributed by atoms with Crippen molar-refractivity contribution < 1.29 is 5.11 Å². The van der Waals surface area contributed by atoms with Gasteiger partial charge in [-0.1, -0.05) is 0 Å². The normalized spacial score (nSPS) is 10.9. The predicted molar refractivity (Wildman–Crippen MR) is 75.8 cm³/mol. The summed E-state index contributed by atoms with van der Waals surface area (Å²) in [6.45, 7) is 0. The lowest BCUT2D eigenvalue weighted by Crippen LogP contribution is -2.20. The molecule has 0 atom stereocenters. The number of phenolic OH excluding ortho intramolecular Hbond substituents is 1. The van der Waals surface area contributed by atoms with Gasteiger partial charge in [0.15, 0.2) is 0 Å². The highest BCUT2D eigenvalue weighted by molar-refractivity contribution is 14.1. The summed E-state index contributed by atoms with van der Waals surface area (Å²) >= 11 is 2.10. The zero-order valence-electron chi connectivity index (χ0n) is 8.98. The van der Waals surface area contributed by atoms with E-state index in [0.717, 1.165) is 3.57 Å². The number of phenols is 1. The topological polar surface area (TPSA) is 98.3 Å². The fraction of sp³-hybridized carbons (Fsp3) is 0. The molecular weight excluding hydrogens is 349 g/mol. The van der Waals surface area contributed by atoms with Crippen LogP contribution in [-0.2, 0) is 0 Å². The molecule has 0 saturated heterocycles. The van der Waals surface area contributed by atoms with Crippen molar-refractivity contribution in [3.8, 4) is 5.75 Å². The minimum atomic E-state index is -0.587. The van der Waals surface area contributed by atoms with Gasteiger partial charge in [0.25, 0.3) is 5.56 Å². The molecule has 3 N–H and O–H groups in total. The van der Waals surface area contributed by atoms with Crippen LogP contribution in [0, 0.1) is 3.57 Å². The van der Waals surface area contributed by atoms with E-state index in [0.29, 0.717) is 5.56 Å². The number of nitrogens with one attached hydrogen (secondary N) is 2. The number of aromatic nitrogens is 2. The Balaban J connectivity index is 2.38. The molecule has 0 aliphatic carbocycles. The summed E-state index contributed by atoms with van der Waals surface area (Å²) < 4.78 is 0.933. The number of halogens is 1. The number of nitrogens with zero attached hydrogens (tertiary/aromatic N) is 1. The van der Waals surface area contributed by atoms with Gasteiger partial charge < -0.3 is 10.1 Å². The molecule has 0 saturated carbocycles. The summed E-state index contributed by atoms with van der Waals surface area (Å²) in [6.07, 6.45) is 2.57. The lowest BCUT2D eigenvalue weighted by atomic mass is 10.2. The molecule has 0 radical (unpaired) electrons. The van der Waals surface area contributed by atoms with Gasteiger partial charge in [0.2, 0.25) is 0 Å². The van der Waals surface area contributed by atoms with Crippen LogP contribution in [0.4, 0.5) is 5.69 Å². The molecule has 0 unspecified atom stereocenters. The van der Waals surface area contributed by atoms with Crippen LogP contribution in [0.3, 0.4) is 0 Å². The van der Waals surface area contributed by atoms with E-state index >= 15 is 0 Å². The van der Waals surface area contributed by atoms with Crippen molar-refractivity contribution in [2.24, 2.45) is 4.99 Å². The Hall–Kier alpha value is -1.90. The van der Waals surface area contributed by atoms with E-state index in [4.69, 9.17) is 0 Å². The Kier molecular flexibility index (Phi) is 3.60. The van der Waals surface area contributed by atoms with Gasteiger partial charge in [0, 0.05) is 21.5 Å². The number of benzene rings is 1. The summed E-state index contributed by atoms with van der Waals surface area (Å²) in [7, 11) is 0. The molecule has 0 spiro atoms. The second-order valence-corrected chi connectivity index (χ2v) is 4.66. The minimum absolute atomic E-state index is 0.0628. The molecule has 0 amide bonds. The van der Waals surface area contributed by atoms with Crippen molar-refractivity contribution >= 4 is 34.5 Å². The minimum Gasteiger partial charge on any atom is -0.507 e. The van der Waals surface area contributed by atoms with Gasteiger partial charge in [0.1, 0.15) is 11.4 Å². The molecular formula is C11H8IN3O3. The monoisotopic (exact) mass is 357 g/mol. The molecule has 92 valence electrons. The Labute approximate surface area is 115 Å². The third-order valence-corrected chi connectivity index (χ3v) is 2.80. The molecule has 0 aliphatic rings. The van der Waals surface area contributed by atoms with E-state index in [9.17, 15) is 14.7 Å². The first kappa shape index (κ1) is 12.6. The van der Waals surface area contributed by atoms with Crippen LogP contribution < -0.4 is 11.2 Å². The predicted octanol–water partition coefficient (Wildman–Crippen LogP) is 1.12. The third kappa shape index (κ3) is 2.86. The Morgan fingerprint density at radius 2 is 2.11 bits per heavy atom. The zero-order valence-corrected chi connectivity index (χ0v) is 11.1. The summed E-state index contributed by atoms with van der Waals surface area (Å²) in [4.78, 5) is 30.5. The molecule has 0 aliphatic heterocycles. The Morgan fingerprint density at radius 1 is 1.33 bits per heavy atom. The lowest BCUT2D eigenvalue weighted by molar-refractivity contribution is 0.474. The lowest BCUT2D eigenvalue weighted by Gasteiger charge is -1.98. The standard InChI is InChI=1S/C11H8IN3O3/c12-7-1-2-9(16)6(3-7)4-13-8-5-14-11(18)15-10(8)17/h1-5,16H,(H2,14,15,17,18). The number of H-pyrrole nitrogens is 2. The van der Waals surface area contributed by atoms with Crippen LogP contribution in [0.5, 0.6) is 5.75 Å². The average Bonchev–Trinajstić information content (AvgIpc) is 2.32. The van der Waals surface area contributed by atoms with E-state index in [-0.39, 0.29) is 11.4 Å². The first-order valence-electron chi connectivity index (χ1n) is 4.91. The van der Waals surface area contributed by atoms with Crippen LogP contribution in [0.15, 0.2) is 39.0 Å². The molecule has 7 heteroatoms. The van der Waals surface area contributed by atoms with Gasteiger partial charge in [-0.3, -0.25) is 9.78 Å². The largest absolute Gasteiger partial charge is 0.507 e. The molecule has 2 aromatic rings. The van der Waals surface area contributed by atoms with Gasteiger partial charge >= 0.3 is 5.69 Å². The quantitative estimate of drug-likeness (QED) is 0.555. The molecule has 0 bridgehead atoms. The fourth-order valence-electron chi connectivity index (χ4n) is 1.27. The van der Waals surface area contributed by atoms with Crippen molar-refractivity contribution in [3.63, 3.8) is 0 Å². The van der Waals surface area contributed by atoms with Gasteiger partial charge in [-0.15, -0.1) is 0 Å². The number of hydrogen-bond acceptors (Lipinski definition) is 4. The maximum Gasteiger partial charge on any atom is 0.325 e. The molecule has 1 aromatic carbocycles. The maximum absolute atomic E-state index is 11.4. The first-order valence-corrected chi connectivity index (χ1v) is 5.99. The highest BCUT2D eigenvalue weighted by Gasteiger charge is 2.00. The third-order valence-electron chi connectivity index (χ3n) is 2.13. The van der Waals surface area contributed by atoms with Crippen LogP contribution in [0.1, 0.15) is 5.56 Å². The van der Waals surface area contributed by atoms with Crippen LogP contribution in [0.2, 0.25) is 0 Å². The van der Waals surface area contributed by atoms with Gasteiger partial charge in [0.05, 0.1) is 0 Å². The van der Waals surface area contributed by atoms with Crippen LogP contribution in [-0.4, -0.2) is 21.3 Å². The number of aromatic amines is 2. The van der Waals surface area contributed by atoms with Crippen molar-refractivity contribution in [2.45, 2.75) is 0 Å². The van der Waals surface area contributed by atoms with Crippen molar-refractivity contribution in [3.05, 3.63) is 54.4 Å². The maximum atomic E-state index is 11.4. The van der Waals surface area contributed by atoms with Gasteiger partial charge in [-0.25, -0.2) is 9.79 Å². The van der Waals surface area contributed by atoms with Crippen LogP contribution in [0.25, 0.3) is 0 Å². The van der Waals surface area contributed by atoms with E-state index in [1.54, 1.807) is 18.2 Å². The molecule has 1 heterocycles. The average molecular weight is 357 g/mol. The Morgan fingerprint density at radius 3 is 2.83 bits per heavy atom. The van der Waals surface area contributed by atoms with E-state index in [1.165, 1.54) is 12.4 Å². The van der Waals surface area contributed by atoms with Gasteiger partial charge in [-0.05, 0) is 40.8 Å². The number of rotatable bonds is 2. The molecule has 0 fully saturated rings. The smallest absolute Gasteiger partial charge is 0.325 e. The molecule has 18 heavy (non-hydrogen) atoms. The summed E-state index contributed by atoms with van der Waals surface area (Å²) in [6, 6.07) is 5.01. The summed E-state index contributed by atoms with van der Waals surface area (Å²) in [5.41, 5.74) is -0.614. The van der Waals surface area contributed by atoms with Gasteiger partial charge in [-0.2, -0.15) is 0 Å². The zero-order chi connectivity index (χ0) is 13.1.